The van der Waals surface area contributed by atoms with E-state index in [-0.39, 0.29) is 12.3 Å². The van der Waals surface area contributed by atoms with Crippen molar-refractivity contribution in [2.75, 3.05) is 10.6 Å². The quantitative estimate of drug-likeness (QED) is 0.523. The van der Waals surface area contributed by atoms with Crippen LogP contribution in [0.2, 0.25) is 0 Å². The molecule has 0 saturated heterocycles. The first-order valence-corrected chi connectivity index (χ1v) is 8.71. The van der Waals surface area contributed by atoms with Crippen molar-refractivity contribution < 1.29 is 14.7 Å². The van der Waals surface area contributed by atoms with Gasteiger partial charge in [-0.3, -0.25) is 14.6 Å². The van der Waals surface area contributed by atoms with Crippen molar-refractivity contribution >= 4 is 40.1 Å². The number of unbranched alkanes of at least 4 members (excludes halogenated alkanes) is 1. The highest BCUT2D eigenvalue weighted by Gasteiger charge is 2.05. The molecule has 0 aliphatic rings. The molecule has 0 fully saturated rings. The average molecular weight is 364 g/mol. The number of nitrogens with one attached hydrogen (secondary N) is 2. The number of hydrogen-bond acceptors (Lipinski definition) is 5. The average Bonchev–Trinajstić information content (AvgIpc) is 2.66. The second-order valence-corrected chi connectivity index (χ2v) is 6.10. The highest BCUT2D eigenvalue weighted by Crippen LogP contribution is 2.19. The van der Waals surface area contributed by atoms with Crippen molar-refractivity contribution in [1.29, 1.82) is 0 Å². The van der Waals surface area contributed by atoms with Gasteiger partial charge >= 0.3 is 5.97 Å². The Kier molecular flexibility index (Phi) is 5.94. The summed E-state index contributed by atoms with van der Waals surface area (Å²) in [5.74, 6) is -0.319. The summed E-state index contributed by atoms with van der Waals surface area (Å²) in [6.07, 6.45) is 3.12. The van der Waals surface area contributed by atoms with Crippen LogP contribution in [0.1, 0.15) is 25.7 Å². The minimum absolute atomic E-state index is 0.0886. The summed E-state index contributed by atoms with van der Waals surface area (Å²) in [5, 5.41) is 14.6. The monoisotopic (exact) mass is 364 g/mol. The molecule has 0 atom stereocenters. The number of anilines is 3. The number of carboxylic acids is 1. The maximum absolute atomic E-state index is 11.9. The van der Waals surface area contributed by atoms with E-state index in [2.05, 4.69) is 20.6 Å². The van der Waals surface area contributed by atoms with E-state index in [1.807, 2.05) is 36.4 Å². The van der Waals surface area contributed by atoms with Crippen LogP contribution >= 0.6 is 0 Å². The van der Waals surface area contributed by atoms with Gasteiger partial charge in [-0.05, 0) is 49.2 Å². The Bertz CT molecular complexity index is 941. The van der Waals surface area contributed by atoms with Crippen LogP contribution in [0.4, 0.5) is 17.2 Å². The summed E-state index contributed by atoms with van der Waals surface area (Å²) in [4.78, 5) is 31.2. The molecule has 0 aliphatic carbocycles. The largest absolute Gasteiger partial charge is 0.481 e. The lowest BCUT2D eigenvalue weighted by molar-refractivity contribution is -0.137. The maximum atomic E-state index is 11.9. The van der Waals surface area contributed by atoms with Crippen molar-refractivity contribution in [3.8, 4) is 0 Å². The predicted octanol–water partition coefficient (Wildman–Crippen LogP) is 3.96. The first-order chi connectivity index (χ1) is 13.1. The summed E-state index contributed by atoms with van der Waals surface area (Å²) in [7, 11) is 0. The van der Waals surface area contributed by atoms with Gasteiger partial charge in [0.25, 0.3) is 0 Å². The van der Waals surface area contributed by atoms with Crippen molar-refractivity contribution in [3.05, 3.63) is 54.7 Å². The lowest BCUT2D eigenvalue weighted by atomic mass is 10.2. The number of carbonyl (C=O) groups is 2. The van der Waals surface area contributed by atoms with Crippen LogP contribution in [0.3, 0.4) is 0 Å². The van der Waals surface area contributed by atoms with E-state index in [0.29, 0.717) is 30.8 Å². The van der Waals surface area contributed by atoms with Gasteiger partial charge in [0.05, 0.1) is 17.2 Å². The van der Waals surface area contributed by atoms with E-state index < -0.39 is 5.97 Å². The van der Waals surface area contributed by atoms with Gasteiger partial charge in [-0.15, -0.1) is 0 Å². The Morgan fingerprint density at radius 3 is 2.30 bits per heavy atom. The van der Waals surface area contributed by atoms with Gasteiger partial charge in [0.1, 0.15) is 5.82 Å². The van der Waals surface area contributed by atoms with Crippen LogP contribution in [0.25, 0.3) is 11.0 Å². The number of aliphatic carboxylic acids is 1. The van der Waals surface area contributed by atoms with E-state index in [0.717, 1.165) is 16.7 Å². The lowest BCUT2D eigenvalue weighted by Crippen LogP contribution is -2.11. The summed E-state index contributed by atoms with van der Waals surface area (Å²) in [6.45, 7) is 0. The van der Waals surface area contributed by atoms with Crippen LogP contribution in [0.5, 0.6) is 0 Å². The molecule has 0 bridgehead atoms. The van der Waals surface area contributed by atoms with Gasteiger partial charge in [-0.1, -0.05) is 12.1 Å². The van der Waals surface area contributed by atoms with E-state index >= 15 is 0 Å². The first-order valence-electron chi connectivity index (χ1n) is 8.71. The molecule has 0 radical (unpaired) electrons. The molecular formula is C20H20N4O3. The number of carboxylic acid groups (broad SMARTS) is 1. The van der Waals surface area contributed by atoms with E-state index in [9.17, 15) is 9.59 Å². The maximum Gasteiger partial charge on any atom is 0.303 e. The van der Waals surface area contributed by atoms with E-state index in [1.165, 1.54) is 0 Å². The van der Waals surface area contributed by atoms with Gasteiger partial charge in [-0.25, -0.2) is 4.98 Å². The zero-order valence-corrected chi connectivity index (χ0v) is 14.7. The second-order valence-electron chi connectivity index (χ2n) is 6.10. The molecule has 3 N–H and O–H groups in total. The van der Waals surface area contributed by atoms with E-state index in [4.69, 9.17) is 5.11 Å². The third kappa shape index (κ3) is 5.50. The number of carbonyl (C=O) groups excluding carboxylic acids is 1. The lowest BCUT2D eigenvalue weighted by Gasteiger charge is -2.08. The fraction of sp³-hybridized carbons (Fsp3) is 0.200. The molecular weight excluding hydrogens is 344 g/mol. The van der Waals surface area contributed by atoms with E-state index in [1.54, 1.807) is 18.3 Å². The van der Waals surface area contributed by atoms with Crippen molar-refractivity contribution in [2.45, 2.75) is 25.7 Å². The number of fused-ring (bicyclic) bond motifs is 1. The fourth-order valence-corrected chi connectivity index (χ4v) is 2.59. The molecule has 2 aromatic carbocycles. The Morgan fingerprint density at radius 2 is 1.56 bits per heavy atom. The minimum Gasteiger partial charge on any atom is -0.481 e. The molecule has 7 nitrogen and oxygen atoms in total. The van der Waals surface area contributed by atoms with Crippen molar-refractivity contribution in [1.82, 2.24) is 9.97 Å². The number of amides is 1. The van der Waals surface area contributed by atoms with Crippen molar-refractivity contribution in [3.63, 3.8) is 0 Å². The molecule has 27 heavy (non-hydrogen) atoms. The SMILES string of the molecule is O=C(O)CCCCC(=O)Nc1ccc(Nc2cnc3ccccc3n2)cc1. The number of nitrogens with zero attached hydrogens (tertiary/aromatic N) is 2. The summed E-state index contributed by atoms with van der Waals surface area (Å²) in [5.41, 5.74) is 3.17. The van der Waals surface area contributed by atoms with Crippen LogP contribution in [-0.4, -0.2) is 27.0 Å². The molecule has 1 heterocycles. The Hall–Kier alpha value is -3.48. The second kappa shape index (κ2) is 8.75. The van der Waals surface area contributed by atoms with Gasteiger partial charge in [0, 0.05) is 24.2 Å². The highest BCUT2D eigenvalue weighted by molar-refractivity contribution is 5.90. The van der Waals surface area contributed by atoms with Gasteiger partial charge < -0.3 is 15.7 Å². The van der Waals surface area contributed by atoms with Crippen LogP contribution < -0.4 is 10.6 Å². The molecule has 0 unspecified atom stereocenters. The summed E-state index contributed by atoms with van der Waals surface area (Å²) in [6, 6.07) is 14.9. The number of benzene rings is 2. The molecule has 138 valence electrons. The van der Waals surface area contributed by atoms with Gasteiger partial charge in [0.15, 0.2) is 0 Å². The van der Waals surface area contributed by atoms with Crippen LogP contribution in [-0.2, 0) is 9.59 Å². The number of rotatable bonds is 8. The molecule has 0 aliphatic heterocycles. The molecule has 1 aromatic heterocycles. The normalized spacial score (nSPS) is 10.5. The zero-order valence-electron chi connectivity index (χ0n) is 14.7. The van der Waals surface area contributed by atoms with Crippen molar-refractivity contribution in [2.24, 2.45) is 0 Å². The Morgan fingerprint density at radius 1 is 0.889 bits per heavy atom. The number of hydrogen-bond donors (Lipinski definition) is 3. The predicted molar refractivity (Wildman–Crippen MR) is 104 cm³/mol. The molecule has 0 saturated carbocycles. The topological polar surface area (TPSA) is 104 Å². The summed E-state index contributed by atoms with van der Waals surface area (Å²) >= 11 is 0. The van der Waals surface area contributed by atoms with Crippen LogP contribution in [0, 0.1) is 0 Å². The smallest absolute Gasteiger partial charge is 0.303 e. The highest BCUT2D eigenvalue weighted by atomic mass is 16.4. The van der Waals surface area contributed by atoms with Gasteiger partial charge in [0.2, 0.25) is 5.91 Å². The van der Waals surface area contributed by atoms with Crippen LogP contribution in [0.15, 0.2) is 54.7 Å². The Labute approximate surface area is 156 Å². The van der Waals surface area contributed by atoms with Gasteiger partial charge in [-0.2, -0.15) is 0 Å². The number of para-hydroxylation sites is 2. The molecule has 0 spiro atoms. The Balaban J connectivity index is 1.53. The standard InChI is InChI=1S/C20H20N4O3/c25-19(7-3-4-8-20(26)27)23-15-11-9-14(10-12-15)22-18-13-21-16-5-1-2-6-17(16)24-18/h1-2,5-6,9-13H,3-4,7-8H2,(H,22,24)(H,23,25)(H,26,27). The minimum atomic E-state index is -0.838. The fourth-order valence-electron chi connectivity index (χ4n) is 2.59. The molecule has 3 rings (SSSR count). The molecule has 3 aromatic rings. The number of aromatic nitrogens is 2. The molecule has 1 amide bonds. The first kappa shape index (κ1) is 18.3. The molecule has 7 heteroatoms. The zero-order chi connectivity index (χ0) is 19.1. The third-order valence-electron chi connectivity index (χ3n) is 3.93. The summed E-state index contributed by atoms with van der Waals surface area (Å²) < 4.78 is 0. The third-order valence-corrected chi connectivity index (χ3v) is 3.93.